The van der Waals surface area contributed by atoms with Gasteiger partial charge in [0.2, 0.25) is 5.95 Å². The molecule has 0 saturated carbocycles. The van der Waals surface area contributed by atoms with E-state index in [2.05, 4.69) is 20.6 Å². The summed E-state index contributed by atoms with van der Waals surface area (Å²) in [5, 5.41) is 6.38. The van der Waals surface area contributed by atoms with Gasteiger partial charge >= 0.3 is 0 Å². The van der Waals surface area contributed by atoms with E-state index in [1.165, 1.54) is 6.20 Å². The van der Waals surface area contributed by atoms with Crippen molar-refractivity contribution in [3.8, 4) is 11.5 Å². The van der Waals surface area contributed by atoms with Crippen molar-refractivity contribution >= 4 is 29.1 Å². The molecule has 0 aliphatic rings. The SMILES string of the molecule is CNc1ncc(Cl)c(Nc2cc(OC)ccc2OC)n1. The van der Waals surface area contributed by atoms with Gasteiger partial charge in [0.25, 0.3) is 0 Å². The van der Waals surface area contributed by atoms with Crippen molar-refractivity contribution in [1.82, 2.24) is 9.97 Å². The topological polar surface area (TPSA) is 68.3 Å². The first-order valence-corrected chi connectivity index (χ1v) is 6.25. The second kappa shape index (κ2) is 6.29. The zero-order valence-corrected chi connectivity index (χ0v) is 12.2. The molecule has 0 unspecified atom stereocenters. The van der Waals surface area contributed by atoms with Crippen LogP contribution in [0.3, 0.4) is 0 Å². The molecule has 0 aliphatic carbocycles. The maximum absolute atomic E-state index is 6.08. The van der Waals surface area contributed by atoms with Crippen LogP contribution in [0.1, 0.15) is 0 Å². The lowest BCUT2D eigenvalue weighted by Gasteiger charge is -2.13. The fourth-order valence-corrected chi connectivity index (χ4v) is 1.75. The average Bonchev–Trinajstić information content (AvgIpc) is 2.49. The smallest absolute Gasteiger partial charge is 0.224 e. The van der Waals surface area contributed by atoms with Crippen LogP contribution in [-0.4, -0.2) is 31.2 Å². The Labute approximate surface area is 122 Å². The maximum atomic E-state index is 6.08. The molecule has 106 valence electrons. The predicted octanol–water partition coefficient (Wildman–Crippen LogP) is 2.93. The zero-order valence-electron chi connectivity index (χ0n) is 11.4. The Kier molecular flexibility index (Phi) is 4.47. The lowest BCUT2D eigenvalue weighted by molar-refractivity contribution is 0.405. The summed E-state index contributed by atoms with van der Waals surface area (Å²) in [7, 11) is 4.93. The molecule has 1 aromatic carbocycles. The van der Waals surface area contributed by atoms with E-state index in [-0.39, 0.29) is 0 Å². The maximum Gasteiger partial charge on any atom is 0.224 e. The van der Waals surface area contributed by atoms with E-state index in [0.717, 1.165) is 0 Å². The molecule has 20 heavy (non-hydrogen) atoms. The largest absolute Gasteiger partial charge is 0.497 e. The summed E-state index contributed by atoms with van der Waals surface area (Å²) in [5.41, 5.74) is 0.703. The van der Waals surface area contributed by atoms with Gasteiger partial charge in [-0.1, -0.05) is 11.6 Å². The number of hydrogen-bond acceptors (Lipinski definition) is 6. The summed E-state index contributed by atoms with van der Waals surface area (Å²) in [5.74, 6) is 2.31. The molecular weight excluding hydrogens is 280 g/mol. The number of hydrogen-bond donors (Lipinski definition) is 2. The lowest BCUT2D eigenvalue weighted by Crippen LogP contribution is -2.02. The molecule has 6 nitrogen and oxygen atoms in total. The van der Waals surface area contributed by atoms with E-state index in [9.17, 15) is 0 Å². The van der Waals surface area contributed by atoms with Gasteiger partial charge in [-0.15, -0.1) is 0 Å². The third kappa shape index (κ3) is 3.03. The van der Waals surface area contributed by atoms with E-state index < -0.39 is 0 Å². The first kappa shape index (κ1) is 14.2. The fourth-order valence-electron chi connectivity index (χ4n) is 1.61. The summed E-state index contributed by atoms with van der Waals surface area (Å²) < 4.78 is 10.5. The van der Waals surface area contributed by atoms with Gasteiger partial charge in [-0.25, -0.2) is 4.98 Å². The minimum Gasteiger partial charge on any atom is -0.497 e. The number of methoxy groups -OCH3 is 2. The third-order valence-electron chi connectivity index (χ3n) is 2.63. The number of nitrogens with zero attached hydrogens (tertiary/aromatic N) is 2. The van der Waals surface area contributed by atoms with Crippen LogP contribution in [0, 0.1) is 0 Å². The highest BCUT2D eigenvalue weighted by Gasteiger charge is 2.10. The van der Waals surface area contributed by atoms with Crippen molar-refractivity contribution < 1.29 is 9.47 Å². The third-order valence-corrected chi connectivity index (χ3v) is 2.90. The van der Waals surface area contributed by atoms with Crippen LogP contribution in [0.2, 0.25) is 5.02 Å². The molecule has 1 heterocycles. The van der Waals surface area contributed by atoms with Gasteiger partial charge < -0.3 is 20.1 Å². The summed E-state index contributed by atoms with van der Waals surface area (Å²) in [6.45, 7) is 0. The number of nitrogens with one attached hydrogen (secondary N) is 2. The van der Waals surface area contributed by atoms with Crippen LogP contribution in [0.15, 0.2) is 24.4 Å². The molecule has 0 bridgehead atoms. The quantitative estimate of drug-likeness (QED) is 0.884. The lowest BCUT2D eigenvalue weighted by atomic mass is 10.2. The minimum atomic E-state index is 0.411. The van der Waals surface area contributed by atoms with Crippen molar-refractivity contribution in [3.63, 3.8) is 0 Å². The van der Waals surface area contributed by atoms with Crippen molar-refractivity contribution in [2.24, 2.45) is 0 Å². The molecule has 7 heteroatoms. The van der Waals surface area contributed by atoms with Crippen LogP contribution < -0.4 is 20.1 Å². The summed E-state index contributed by atoms with van der Waals surface area (Å²) in [4.78, 5) is 8.28. The van der Waals surface area contributed by atoms with Crippen LogP contribution in [-0.2, 0) is 0 Å². The first-order chi connectivity index (χ1) is 9.67. The van der Waals surface area contributed by atoms with E-state index in [1.54, 1.807) is 33.4 Å². The summed E-state index contributed by atoms with van der Waals surface area (Å²) in [6.07, 6.45) is 1.52. The monoisotopic (exact) mass is 294 g/mol. The highest BCUT2D eigenvalue weighted by Crippen LogP contribution is 2.33. The van der Waals surface area contributed by atoms with E-state index in [1.807, 2.05) is 6.07 Å². The van der Waals surface area contributed by atoms with E-state index >= 15 is 0 Å². The fraction of sp³-hybridized carbons (Fsp3) is 0.231. The van der Waals surface area contributed by atoms with Gasteiger partial charge in [0.1, 0.15) is 16.5 Å². The van der Waals surface area contributed by atoms with Crippen molar-refractivity contribution in [2.75, 3.05) is 31.9 Å². The number of aromatic nitrogens is 2. The second-order valence-corrected chi connectivity index (χ2v) is 4.24. The molecule has 0 aliphatic heterocycles. The number of halogens is 1. The molecular formula is C13H15ClN4O2. The Bertz CT molecular complexity index is 607. The Balaban J connectivity index is 2.38. The Hall–Kier alpha value is -2.21. The van der Waals surface area contributed by atoms with E-state index in [0.29, 0.717) is 34.0 Å². The van der Waals surface area contributed by atoms with Crippen LogP contribution >= 0.6 is 11.6 Å². The molecule has 0 saturated heterocycles. The number of rotatable bonds is 5. The van der Waals surface area contributed by atoms with Gasteiger partial charge in [0.05, 0.1) is 26.1 Å². The van der Waals surface area contributed by atoms with Gasteiger partial charge in [-0.05, 0) is 12.1 Å². The van der Waals surface area contributed by atoms with Crippen LogP contribution in [0.25, 0.3) is 0 Å². The molecule has 2 rings (SSSR count). The molecule has 2 N–H and O–H groups in total. The molecule has 0 amide bonds. The molecule has 1 aromatic heterocycles. The van der Waals surface area contributed by atoms with Crippen LogP contribution in [0.5, 0.6) is 11.5 Å². The van der Waals surface area contributed by atoms with Gasteiger partial charge in [-0.2, -0.15) is 4.98 Å². The summed E-state index contributed by atoms with van der Waals surface area (Å²) in [6, 6.07) is 5.41. The van der Waals surface area contributed by atoms with Crippen molar-refractivity contribution in [3.05, 3.63) is 29.4 Å². The predicted molar refractivity (Wildman–Crippen MR) is 79.4 cm³/mol. The first-order valence-electron chi connectivity index (χ1n) is 5.87. The standard InChI is InChI=1S/C13H15ClN4O2/c1-15-13-16-7-9(14)12(18-13)17-10-6-8(19-2)4-5-11(10)20-3/h4-7H,1-3H3,(H2,15,16,17,18). The number of benzene rings is 1. The summed E-state index contributed by atoms with van der Waals surface area (Å²) >= 11 is 6.08. The van der Waals surface area contributed by atoms with Gasteiger partial charge in [0.15, 0.2) is 5.82 Å². The molecule has 0 atom stereocenters. The van der Waals surface area contributed by atoms with Gasteiger partial charge in [-0.3, -0.25) is 0 Å². The second-order valence-electron chi connectivity index (χ2n) is 3.83. The zero-order chi connectivity index (χ0) is 14.5. The highest BCUT2D eigenvalue weighted by atomic mass is 35.5. The van der Waals surface area contributed by atoms with Gasteiger partial charge in [0, 0.05) is 13.1 Å². The van der Waals surface area contributed by atoms with Crippen molar-refractivity contribution in [1.29, 1.82) is 0 Å². The molecule has 0 radical (unpaired) electrons. The number of ether oxygens (including phenoxy) is 2. The Morgan fingerprint density at radius 3 is 2.65 bits per heavy atom. The minimum absolute atomic E-state index is 0.411. The molecule has 0 spiro atoms. The van der Waals surface area contributed by atoms with E-state index in [4.69, 9.17) is 21.1 Å². The Morgan fingerprint density at radius 2 is 2.00 bits per heavy atom. The molecule has 0 fully saturated rings. The normalized spacial score (nSPS) is 10.0. The van der Waals surface area contributed by atoms with Crippen molar-refractivity contribution in [2.45, 2.75) is 0 Å². The Morgan fingerprint density at radius 1 is 1.20 bits per heavy atom. The molecule has 2 aromatic rings. The van der Waals surface area contributed by atoms with Crippen LogP contribution in [0.4, 0.5) is 17.5 Å². The highest BCUT2D eigenvalue weighted by molar-refractivity contribution is 6.32. The average molecular weight is 295 g/mol. The number of anilines is 3.